The number of pyridine rings is 1. The van der Waals surface area contributed by atoms with Gasteiger partial charge in [0.1, 0.15) is 0 Å². The van der Waals surface area contributed by atoms with Gasteiger partial charge in [-0.1, -0.05) is 31.0 Å². The molecule has 0 saturated carbocycles. The number of nitrogens with one attached hydrogen (secondary N) is 2. The number of fused-ring (bicyclic) bond motifs is 2. The Bertz CT molecular complexity index is 775. The third-order valence-corrected chi connectivity index (χ3v) is 5.49. The van der Waals surface area contributed by atoms with Gasteiger partial charge in [0.25, 0.3) is 0 Å². The topological polar surface area (TPSA) is 54.0 Å². The van der Waals surface area contributed by atoms with E-state index in [0.29, 0.717) is 0 Å². The lowest BCUT2D eigenvalue weighted by Gasteiger charge is -2.21. The van der Waals surface area contributed by atoms with Crippen molar-refractivity contribution in [3.63, 3.8) is 0 Å². The lowest BCUT2D eigenvalue weighted by molar-refractivity contribution is -0.120. The maximum Gasteiger partial charge on any atom is 0.232 e. The molecule has 2 N–H and O–H groups in total. The molecule has 1 amide bonds. The number of aryl methyl sites for hydroxylation is 1. The van der Waals surface area contributed by atoms with E-state index < -0.39 is 0 Å². The first kappa shape index (κ1) is 20.0. The molecule has 0 bridgehead atoms. The first-order chi connectivity index (χ1) is 13.2. The molecule has 1 aromatic heterocycles. The van der Waals surface area contributed by atoms with Crippen LogP contribution in [0.15, 0.2) is 24.3 Å². The maximum atomic E-state index is 11.5. The van der Waals surface area contributed by atoms with E-state index in [-0.39, 0.29) is 11.2 Å². The highest BCUT2D eigenvalue weighted by Crippen LogP contribution is 2.33. The van der Waals surface area contributed by atoms with Gasteiger partial charge in [0, 0.05) is 29.9 Å². The van der Waals surface area contributed by atoms with Crippen molar-refractivity contribution in [2.45, 2.75) is 63.5 Å². The fourth-order valence-electron chi connectivity index (χ4n) is 3.75. The molecule has 27 heavy (non-hydrogen) atoms. The number of anilines is 1. The second-order valence-electron chi connectivity index (χ2n) is 7.44. The van der Waals surface area contributed by atoms with E-state index in [1.54, 1.807) is 6.92 Å². The van der Waals surface area contributed by atoms with Crippen LogP contribution in [-0.2, 0) is 17.6 Å². The Labute approximate surface area is 167 Å². The molecule has 0 saturated heterocycles. The monoisotopic (exact) mass is 385 g/mol. The molecule has 0 radical (unpaired) electrons. The third kappa shape index (κ3) is 5.38. The Morgan fingerprint density at radius 1 is 1.11 bits per heavy atom. The van der Waals surface area contributed by atoms with Crippen molar-refractivity contribution < 1.29 is 4.79 Å². The van der Waals surface area contributed by atoms with Crippen LogP contribution in [0.25, 0.3) is 10.9 Å². The molecule has 5 heteroatoms. The van der Waals surface area contributed by atoms with Crippen molar-refractivity contribution in [1.82, 2.24) is 10.3 Å². The number of aromatic nitrogens is 1. The van der Waals surface area contributed by atoms with E-state index >= 15 is 0 Å². The highest BCUT2D eigenvalue weighted by molar-refractivity contribution is 7.81. The normalized spacial score (nSPS) is 14.6. The smallest absolute Gasteiger partial charge is 0.232 e. The van der Waals surface area contributed by atoms with Crippen LogP contribution in [0.2, 0.25) is 0 Å². The zero-order chi connectivity index (χ0) is 19.1. The average molecular weight is 386 g/mol. The van der Waals surface area contributed by atoms with Crippen LogP contribution in [0, 0.1) is 0 Å². The maximum absolute atomic E-state index is 11.5. The van der Waals surface area contributed by atoms with Gasteiger partial charge in [-0.2, -0.15) is 12.6 Å². The van der Waals surface area contributed by atoms with Crippen LogP contribution >= 0.6 is 12.6 Å². The van der Waals surface area contributed by atoms with Crippen molar-refractivity contribution in [1.29, 1.82) is 0 Å². The van der Waals surface area contributed by atoms with Crippen LogP contribution < -0.4 is 10.6 Å². The lowest BCUT2D eigenvalue weighted by atomic mass is 9.92. The standard InChI is InChI=1S/C22H31N3OS/c1-16(27)22(26)24-15-9-3-2-8-14-23-21-17-10-4-6-12-19(17)25-20-13-7-5-11-18(20)21/h4,6,10,12,16,27H,2-3,5,7-9,11,13-15H2,1H3,(H,23,25)(H,24,26). The molecule has 1 heterocycles. The summed E-state index contributed by atoms with van der Waals surface area (Å²) in [7, 11) is 0. The number of para-hydroxylation sites is 1. The van der Waals surface area contributed by atoms with Gasteiger partial charge in [-0.3, -0.25) is 9.78 Å². The summed E-state index contributed by atoms with van der Waals surface area (Å²) in [5.41, 5.74) is 5.14. The number of rotatable bonds is 9. The zero-order valence-electron chi connectivity index (χ0n) is 16.3. The Morgan fingerprint density at radius 2 is 1.85 bits per heavy atom. The molecule has 4 nitrogen and oxygen atoms in total. The number of unbranched alkanes of at least 4 members (excludes halogenated alkanes) is 3. The SMILES string of the molecule is CC(S)C(=O)NCCCCCCNc1c2c(nc3ccccc13)CCCC2. The predicted octanol–water partition coefficient (Wildman–Crippen LogP) is 4.52. The minimum absolute atomic E-state index is 0.0225. The molecule has 1 atom stereocenters. The summed E-state index contributed by atoms with van der Waals surface area (Å²) in [6, 6.07) is 8.48. The zero-order valence-corrected chi connectivity index (χ0v) is 17.2. The van der Waals surface area contributed by atoms with E-state index in [2.05, 4.69) is 47.5 Å². The van der Waals surface area contributed by atoms with Gasteiger partial charge < -0.3 is 10.6 Å². The number of carbonyl (C=O) groups is 1. The third-order valence-electron chi connectivity index (χ3n) is 5.25. The van der Waals surface area contributed by atoms with E-state index in [9.17, 15) is 4.79 Å². The molecule has 0 aliphatic heterocycles. The predicted molar refractivity (Wildman–Crippen MR) is 117 cm³/mol. The van der Waals surface area contributed by atoms with Gasteiger partial charge in [0.2, 0.25) is 5.91 Å². The molecule has 0 fully saturated rings. The van der Waals surface area contributed by atoms with Crippen LogP contribution in [-0.4, -0.2) is 29.2 Å². The van der Waals surface area contributed by atoms with E-state index in [1.807, 2.05) is 0 Å². The summed E-state index contributed by atoms with van der Waals surface area (Å²) in [6.07, 6.45) is 9.23. The Morgan fingerprint density at radius 3 is 2.67 bits per heavy atom. The summed E-state index contributed by atoms with van der Waals surface area (Å²) in [6.45, 7) is 3.53. The fourth-order valence-corrected chi connectivity index (χ4v) is 3.84. The van der Waals surface area contributed by atoms with Crippen molar-refractivity contribution in [3.8, 4) is 0 Å². The molecule has 1 unspecified atom stereocenters. The fraction of sp³-hybridized carbons (Fsp3) is 0.545. The Balaban J connectivity index is 1.48. The van der Waals surface area contributed by atoms with Gasteiger partial charge in [0.05, 0.1) is 10.8 Å². The molecule has 1 aliphatic carbocycles. The number of carbonyl (C=O) groups excluding carboxylic acids is 1. The Kier molecular flexibility index (Phi) is 7.39. The molecule has 146 valence electrons. The number of thiol groups is 1. The van der Waals surface area contributed by atoms with Crippen LogP contribution in [0.5, 0.6) is 0 Å². The number of benzene rings is 1. The lowest BCUT2D eigenvalue weighted by Crippen LogP contribution is -2.30. The van der Waals surface area contributed by atoms with Crippen molar-refractivity contribution in [3.05, 3.63) is 35.5 Å². The molecule has 0 spiro atoms. The van der Waals surface area contributed by atoms with Gasteiger partial charge >= 0.3 is 0 Å². The van der Waals surface area contributed by atoms with E-state index in [0.717, 1.165) is 50.7 Å². The molecular weight excluding hydrogens is 354 g/mol. The van der Waals surface area contributed by atoms with E-state index in [1.165, 1.54) is 41.6 Å². The molecular formula is C22H31N3OS. The minimum atomic E-state index is -0.227. The minimum Gasteiger partial charge on any atom is -0.384 e. The molecule has 2 aromatic rings. The van der Waals surface area contributed by atoms with Crippen LogP contribution in [0.1, 0.15) is 56.7 Å². The van der Waals surface area contributed by atoms with Crippen molar-refractivity contribution >= 4 is 35.1 Å². The van der Waals surface area contributed by atoms with E-state index in [4.69, 9.17) is 4.98 Å². The number of amides is 1. The second-order valence-corrected chi connectivity index (χ2v) is 8.22. The molecule has 3 rings (SSSR count). The summed E-state index contributed by atoms with van der Waals surface area (Å²) in [5, 5.41) is 7.66. The van der Waals surface area contributed by atoms with Crippen LogP contribution in [0.4, 0.5) is 5.69 Å². The first-order valence-electron chi connectivity index (χ1n) is 10.3. The highest BCUT2D eigenvalue weighted by atomic mass is 32.1. The first-order valence-corrected chi connectivity index (χ1v) is 10.8. The molecule has 1 aromatic carbocycles. The number of hydrogen-bond donors (Lipinski definition) is 3. The van der Waals surface area contributed by atoms with Gasteiger partial charge in [-0.25, -0.2) is 0 Å². The van der Waals surface area contributed by atoms with Crippen molar-refractivity contribution in [2.75, 3.05) is 18.4 Å². The number of nitrogens with zero attached hydrogens (tertiary/aromatic N) is 1. The second kappa shape index (κ2) is 9.98. The van der Waals surface area contributed by atoms with Gasteiger partial charge in [-0.05, 0) is 57.1 Å². The molecule has 1 aliphatic rings. The average Bonchev–Trinajstić information content (AvgIpc) is 2.68. The van der Waals surface area contributed by atoms with Gasteiger partial charge in [0.15, 0.2) is 0 Å². The Hall–Kier alpha value is -1.75. The summed E-state index contributed by atoms with van der Waals surface area (Å²) in [4.78, 5) is 16.4. The van der Waals surface area contributed by atoms with Gasteiger partial charge in [-0.15, -0.1) is 0 Å². The quantitative estimate of drug-likeness (QED) is 0.439. The number of hydrogen-bond acceptors (Lipinski definition) is 4. The summed E-state index contributed by atoms with van der Waals surface area (Å²) >= 11 is 4.13. The summed E-state index contributed by atoms with van der Waals surface area (Å²) < 4.78 is 0. The largest absolute Gasteiger partial charge is 0.384 e. The van der Waals surface area contributed by atoms with Crippen LogP contribution in [0.3, 0.4) is 0 Å². The summed E-state index contributed by atoms with van der Waals surface area (Å²) in [5.74, 6) is 0.0225. The van der Waals surface area contributed by atoms with Crippen molar-refractivity contribution in [2.24, 2.45) is 0 Å². The highest BCUT2D eigenvalue weighted by Gasteiger charge is 2.17.